The fourth-order valence-corrected chi connectivity index (χ4v) is 3.97. The minimum absolute atomic E-state index is 0.0523. The van der Waals surface area contributed by atoms with Crippen molar-refractivity contribution in [3.05, 3.63) is 33.4 Å². The van der Waals surface area contributed by atoms with Gasteiger partial charge in [0, 0.05) is 38.0 Å². The number of H-pyrrole nitrogens is 1. The normalized spacial score (nSPS) is 19.1. The van der Waals surface area contributed by atoms with Gasteiger partial charge >= 0.3 is 0 Å². The average Bonchev–Trinajstić information content (AvgIpc) is 2.83. The zero-order valence-corrected chi connectivity index (χ0v) is 15.4. The lowest BCUT2D eigenvalue weighted by Crippen LogP contribution is -2.34. The van der Waals surface area contributed by atoms with Crippen LogP contribution in [0.4, 0.5) is 0 Å². The highest BCUT2D eigenvalue weighted by molar-refractivity contribution is 6.01. The first-order valence-corrected chi connectivity index (χ1v) is 9.44. The molecule has 3 N–H and O–H groups in total. The highest BCUT2D eigenvalue weighted by Crippen LogP contribution is 2.26. The van der Waals surface area contributed by atoms with Crippen LogP contribution in [-0.2, 0) is 4.79 Å². The number of nitrogens with one attached hydrogen (secondary N) is 3. The number of aromatic nitrogens is 3. The molecule has 2 aliphatic rings. The largest absolute Gasteiger partial charge is 0.354 e. The Hall–Kier alpha value is -2.68. The van der Waals surface area contributed by atoms with Crippen LogP contribution in [0.3, 0.4) is 0 Å². The Kier molecular flexibility index (Phi) is 4.69. The minimum Gasteiger partial charge on any atom is -0.354 e. The molecule has 0 aromatic carbocycles. The van der Waals surface area contributed by atoms with E-state index in [4.69, 9.17) is 0 Å². The van der Waals surface area contributed by atoms with Crippen LogP contribution in [0.5, 0.6) is 0 Å². The van der Waals surface area contributed by atoms with E-state index in [1.807, 2.05) is 0 Å². The van der Waals surface area contributed by atoms with Crippen molar-refractivity contribution in [3.8, 4) is 0 Å². The molecule has 144 valence electrons. The number of amides is 2. The van der Waals surface area contributed by atoms with E-state index in [9.17, 15) is 14.4 Å². The van der Waals surface area contributed by atoms with Crippen LogP contribution in [0.15, 0.2) is 10.9 Å². The van der Waals surface area contributed by atoms with Gasteiger partial charge in [0.15, 0.2) is 0 Å². The highest BCUT2D eigenvalue weighted by atomic mass is 16.2. The standard InChI is InChI=1S/C18H24N6O3/c1-11-16(18(27)23-8-4-14(25)20-7-9-23)17-21-15(26)10-13(24(17)22-11)12-2-5-19-6-3-12/h10,12,19H,2-9H2,1H3,(H,20,25)(H,21,26). The molecule has 0 radical (unpaired) electrons. The van der Waals surface area contributed by atoms with Crippen molar-refractivity contribution in [2.24, 2.45) is 0 Å². The van der Waals surface area contributed by atoms with Crippen LogP contribution < -0.4 is 16.2 Å². The van der Waals surface area contributed by atoms with Gasteiger partial charge in [-0.05, 0) is 32.9 Å². The topological polar surface area (TPSA) is 112 Å². The molecular weight excluding hydrogens is 348 g/mol. The second-order valence-corrected chi connectivity index (χ2v) is 7.20. The fraction of sp³-hybridized carbons (Fsp3) is 0.556. The van der Waals surface area contributed by atoms with Crippen molar-refractivity contribution in [3.63, 3.8) is 0 Å². The molecule has 4 heterocycles. The van der Waals surface area contributed by atoms with Gasteiger partial charge < -0.3 is 20.5 Å². The summed E-state index contributed by atoms with van der Waals surface area (Å²) >= 11 is 0. The van der Waals surface area contributed by atoms with Crippen molar-refractivity contribution < 1.29 is 9.59 Å². The maximum atomic E-state index is 13.2. The number of aryl methyl sites for hydroxylation is 1. The number of carbonyl (C=O) groups is 2. The van der Waals surface area contributed by atoms with E-state index in [1.165, 1.54) is 0 Å². The van der Waals surface area contributed by atoms with Gasteiger partial charge in [0.2, 0.25) is 5.91 Å². The minimum atomic E-state index is -0.224. The predicted octanol–water partition coefficient (Wildman–Crippen LogP) is -0.240. The zero-order valence-electron chi connectivity index (χ0n) is 15.4. The lowest BCUT2D eigenvalue weighted by Gasteiger charge is -2.23. The molecule has 2 saturated heterocycles. The molecule has 0 aliphatic carbocycles. The van der Waals surface area contributed by atoms with E-state index < -0.39 is 0 Å². The van der Waals surface area contributed by atoms with Crippen LogP contribution in [0.1, 0.15) is 46.9 Å². The number of rotatable bonds is 2. The third kappa shape index (κ3) is 3.34. The van der Waals surface area contributed by atoms with E-state index in [-0.39, 0.29) is 29.7 Å². The van der Waals surface area contributed by atoms with Crippen LogP contribution in [0, 0.1) is 6.92 Å². The number of hydrogen-bond acceptors (Lipinski definition) is 5. The summed E-state index contributed by atoms with van der Waals surface area (Å²) in [6.07, 6.45) is 2.14. The fourth-order valence-electron chi connectivity index (χ4n) is 3.97. The molecule has 2 aromatic heterocycles. The lowest BCUT2D eigenvalue weighted by atomic mass is 9.94. The first-order valence-electron chi connectivity index (χ1n) is 9.44. The summed E-state index contributed by atoms with van der Waals surface area (Å²) in [4.78, 5) is 41.5. The number of carbonyl (C=O) groups excluding carboxylic acids is 2. The van der Waals surface area contributed by atoms with Gasteiger partial charge in [0.1, 0.15) is 11.2 Å². The summed E-state index contributed by atoms with van der Waals surface area (Å²) in [5, 5.41) is 10.7. The van der Waals surface area contributed by atoms with Gasteiger partial charge in [-0.25, -0.2) is 4.52 Å². The summed E-state index contributed by atoms with van der Waals surface area (Å²) in [6.45, 7) is 4.82. The van der Waals surface area contributed by atoms with Gasteiger partial charge in [-0.2, -0.15) is 5.10 Å². The molecule has 0 spiro atoms. The third-order valence-corrected chi connectivity index (χ3v) is 5.40. The van der Waals surface area contributed by atoms with Gasteiger partial charge in [0.05, 0.1) is 11.4 Å². The van der Waals surface area contributed by atoms with Crippen molar-refractivity contribution in [2.75, 3.05) is 32.7 Å². The first kappa shape index (κ1) is 17.7. The Balaban J connectivity index is 1.76. The SMILES string of the molecule is Cc1nn2c(C3CCNCC3)cc(=O)[nH]c2c1C(=O)N1CCNC(=O)CC1. The van der Waals surface area contributed by atoms with Crippen LogP contribution in [-0.4, -0.2) is 64.0 Å². The van der Waals surface area contributed by atoms with E-state index in [0.29, 0.717) is 36.5 Å². The molecule has 0 bridgehead atoms. The summed E-state index contributed by atoms with van der Waals surface area (Å²) in [5.74, 6) is -0.0149. The molecule has 2 aliphatic heterocycles. The van der Waals surface area contributed by atoms with Crippen LogP contribution in [0.25, 0.3) is 5.65 Å². The Morgan fingerprint density at radius 2 is 1.96 bits per heavy atom. The van der Waals surface area contributed by atoms with Crippen molar-refractivity contribution in [1.29, 1.82) is 0 Å². The monoisotopic (exact) mass is 372 g/mol. The zero-order chi connectivity index (χ0) is 19.0. The Morgan fingerprint density at radius 1 is 1.19 bits per heavy atom. The van der Waals surface area contributed by atoms with E-state index in [1.54, 1.807) is 22.4 Å². The number of piperidine rings is 1. The Labute approximate surface area is 156 Å². The lowest BCUT2D eigenvalue weighted by molar-refractivity contribution is -0.120. The average molecular weight is 372 g/mol. The molecule has 27 heavy (non-hydrogen) atoms. The molecular formula is C18H24N6O3. The maximum absolute atomic E-state index is 13.2. The van der Waals surface area contributed by atoms with E-state index in [0.717, 1.165) is 31.6 Å². The molecule has 4 rings (SSSR count). The first-order chi connectivity index (χ1) is 13.0. The summed E-state index contributed by atoms with van der Waals surface area (Å²) < 4.78 is 1.72. The molecule has 2 amide bonds. The van der Waals surface area contributed by atoms with Crippen molar-refractivity contribution in [1.82, 2.24) is 30.1 Å². The van der Waals surface area contributed by atoms with Gasteiger partial charge in [-0.3, -0.25) is 14.4 Å². The van der Waals surface area contributed by atoms with Crippen molar-refractivity contribution in [2.45, 2.75) is 32.1 Å². The number of hydrogen-bond donors (Lipinski definition) is 3. The molecule has 0 unspecified atom stereocenters. The summed E-state index contributed by atoms with van der Waals surface area (Å²) in [5.41, 5.74) is 2.07. The molecule has 0 saturated carbocycles. The summed E-state index contributed by atoms with van der Waals surface area (Å²) in [6, 6.07) is 1.60. The van der Waals surface area contributed by atoms with Crippen LogP contribution in [0.2, 0.25) is 0 Å². The highest BCUT2D eigenvalue weighted by Gasteiger charge is 2.28. The van der Waals surface area contributed by atoms with Gasteiger partial charge in [-0.1, -0.05) is 0 Å². The van der Waals surface area contributed by atoms with Gasteiger partial charge in [-0.15, -0.1) is 0 Å². The third-order valence-electron chi connectivity index (χ3n) is 5.40. The molecule has 2 aromatic rings. The van der Waals surface area contributed by atoms with Gasteiger partial charge in [0.25, 0.3) is 11.5 Å². The molecule has 0 atom stereocenters. The number of nitrogens with zero attached hydrogens (tertiary/aromatic N) is 3. The maximum Gasteiger partial charge on any atom is 0.259 e. The van der Waals surface area contributed by atoms with E-state index in [2.05, 4.69) is 20.7 Å². The quantitative estimate of drug-likeness (QED) is 0.674. The second-order valence-electron chi connectivity index (χ2n) is 7.20. The predicted molar refractivity (Wildman–Crippen MR) is 98.9 cm³/mol. The number of aromatic amines is 1. The molecule has 9 heteroatoms. The van der Waals surface area contributed by atoms with E-state index >= 15 is 0 Å². The second kappa shape index (κ2) is 7.15. The Bertz CT molecular complexity index is 940. The smallest absolute Gasteiger partial charge is 0.259 e. The number of fused-ring (bicyclic) bond motifs is 1. The summed E-state index contributed by atoms with van der Waals surface area (Å²) in [7, 11) is 0. The molecule has 9 nitrogen and oxygen atoms in total. The van der Waals surface area contributed by atoms with Crippen molar-refractivity contribution >= 4 is 17.5 Å². The Morgan fingerprint density at radius 3 is 2.74 bits per heavy atom. The molecule has 2 fully saturated rings. The van der Waals surface area contributed by atoms with Crippen LogP contribution >= 0.6 is 0 Å².